The van der Waals surface area contributed by atoms with E-state index in [-0.39, 0.29) is 0 Å². The van der Waals surface area contributed by atoms with Gasteiger partial charge in [0, 0.05) is 12.6 Å². The fraction of sp³-hybridized carbons (Fsp3) is 0.231. The summed E-state index contributed by atoms with van der Waals surface area (Å²) in [4.78, 5) is 21.4. The fourth-order valence-electron chi connectivity index (χ4n) is 1.31. The van der Waals surface area contributed by atoms with Crippen molar-refractivity contribution in [2.45, 2.75) is 19.5 Å². The highest BCUT2D eigenvalue weighted by Crippen LogP contribution is 2.06. The van der Waals surface area contributed by atoms with E-state index in [1.807, 2.05) is 12.1 Å². The number of carbonyl (C=O) groups excluding carboxylic acids is 1. The van der Waals surface area contributed by atoms with E-state index < -0.39 is 17.9 Å². The molecule has 0 bridgehead atoms. The molecule has 1 aromatic carbocycles. The molecular formula is C13H16N2O4. The number of hydrogen-bond donors (Lipinski definition) is 4. The first-order chi connectivity index (χ1) is 9.02. The number of amides is 1. The van der Waals surface area contributed by atoms with Crippen LogP contribution in [0.4, 0.5) is 0 Å². The van der Waals surface area contributed by atoms with Gasteiger partial charge in [-0.15, -0.1) is 0 Å². The Morgan fingerprint density at radius 3 is 2.47 bits per heavy atom. The summed E-state index contributed by atoms with van der Waals surface area (Å²) in [6.45, 7) is 2.03. The molecule has 102 valence electrons. The molecule has 0 saturated carbocycles. The number of nitrogens with one attached hydrogen (secondary N) is 2. The zero-order chi connectivity index (χ0) is 14.3. The van der Waals surface area contributed by atoms with Gasteiger partial charge >= 0.3 is 5.97 Å². The van der Waals surface area contributed by atoms with E-state index in [2.05, 4.69) is 5.32 Å². The first-order valence-corrected chi connectivity index (χ1v) is 5.70. The molecule has 0 aromatic heterocycles. The number of carboxylic acids is 1. The van der Waals surface area contributed by atoms with Gasteiger partial charge in [0.15, 0.2) is 0 Å². The third-order valence-corrected chi connectivity index (χ3v) is 2.50. The van der Waals surface area contributed by atoms with Crippen LogP contribution in [0.1, 0.15) is 18.1 Å². The Morgan fingerprint density at radius 1 is 1.32 bits per heavy atom. The molecule has 1 amide bonds. The standard InChI is InChI=1S/C13H16N2O4/c1-9(13(17)18)14-8-11-4-2-10(3-5-11)6-7-12(16)15-19/h2-7,9,14,19H,8H2,1H3,(H,15,16)(H,17,18)/b7-6+. The molecule has 0 fully saturated rings. The zero-order valence-electron chi connectivity index (χ0n) is 10.5. The monoisotopic (exact) mass is 264 g/mol. The van der Waals surface area contributed by atoms with Gasteiger partial charge in [-0.3, -0.25) is 14.8 Å². The molecule has 1 atom stereocenters. The molecule has 6 nitrogen and oxygen atoms in total. The van der Waals surface area contributed by atoms with Crippen molar-refractivity contribution in [1.29, 1.82) is 0 Å². The van der Waals surface area contributed by atoms with Gasteiger partial charge in [0.25, 0.3) is 5.91 Å². The number of carboxylic acid groups (broad SMARTS) is 1. The fourth-order valence-corrected chi connectivity index (χ4v) is 1.31. The summed E-state index contributed by atoms with van der Waals surface area (Å²) in [6.07, 6.45) is 2.77. The summed E-state index contributed by atoms with van der Waals surface area (Å²) < 4.78 is 0. The van der Waals surface area contributed by atoms with Crippen molar-refractivity contribution in [2.75, 3.05) is 0 Å². The molecule has 6 heteroatoms. The number of carbonyl (C=O) groups is 2. The highest BCUT2D eigenvalue weighted by atomic mass is 16.5. The third kappa shape index (κ3) is 5.33. The van der Waals surface area contributed by atoms with Crippen molar-refractivity contribution in [1.82, 2.24) is 10.8 Å². The van der Waals surface area contributed by atoms with Gasteiger partial charge in [0.05, 0.1) is 0 Å². The third-order valence-electron chi connectivity index (χ3n) is 2.50. The van der Waals surface area contributed by atoms with Gasteiger partial charge < -0.3 is 10.4 Å². The van der Waals surface area contributed by atoms with E-state index in [1.165, 1.54) is 11.6 Å². The van der Waals surface area contributed by atoms with Crippen molar-refractivity contribution in [3.05, 3.63) is 41.5 Å². The van der Waals surface area contributed by atoms with Crippen LogP contribution in [-0.2, 0) is 16.1 Å². The Kier molecular flexibility index (Phi) is 5.72. The maximum absolute atomic E-state index is 10.8. The number of rotatable bonds is 6. The smallest absolute Gasteiger partial charge is 0.320 e. The SMILES string of the molecule is CC(NCc1ccc(/C=C/C(=O)NO)cc1)C(=O)O. The van der Waals surface area contributed by atoms with Crippen LogP contribution in [0, 0.1) is 0 Å². The lowest BCUT2D eigenvalue weighted by atomic mass is 10.1. The van der Waals surface area contributed by atoms with Gasteiger partial charge in [-0.2, -0.15) is 0 Å². The number of hydroxylamine groups is 1. The van der Waals surface area contributed by atoms with E-state index in [4.69, 9.17) is 10.3 Å². The number of aliphatic carboxylic acids is 1. The molecule has 0 spiro atoms. The molecule has 1 unspecified atom stereocenters. The molecule has 0 radical (unpaired) electrons. The Bertz CT molecular complexity index is 468. The van der Waals surface area contributed by atoms with Crippen LogP contribution in [0.3, 0.4) is 0 Å². The van der Waals surface area contributed by atoms with Gasteiger partial charge in [-0.1, -0.05) is 24.3 Å². The molecule has 4 N–H and O–H groups in total. The molecule has 1 aromatic rings. The minimum Gasteiger partial charge on any atom is -0.480 e. The molecule has 19 heavy (non-hydrogen) atoms. The van der Waals surface area contributed by atoms with Crippen LogP contribution in [0.15, 0.2) is 30.3 Å². The maximum Gasteiger partial charge on any atom is 0.320 e. The van der Waals surface area contributed by atoms with Crippen LogP contribution in [0.5, 0.6) is 0 Å². The van der Waals surface area contributed by atoms with E-state index >= 15 is 0 Å². The molecule has 1 rings (SSSR count). The summed E-state index contributed by atoms with van der Waals surface area (Å²) in [5, 5.41) is 19.9. The van der Waals surface area contributed by atoms with Crippen molar-refractivity contribution in [3.8, 4) is 0 Å². The predicted molar refractivity (Wildman–Crippen MR) is 69.3 cm³/mol. The number of benzene rings is 1. The Balaban J connectivity index is 2.54. The summed E-state index contributed by atoms with van der Waals surface area (Å²) in [7, 11) is 0. The largest absolute Gasteiger partial charge is 0.480 e. The summed E-state index contributed by atoms with van der Waals surface area (Å²) in [6, 6.07) is 6.65. The molecule has 0 saturated heterocycles. The van der Waals surface area contributed by atoms with Crippen LogP contribution >= 0.6 is 0 Å². The van der Waals surface area contributed by atoms with Crippen LogP contribution < -0.4 is 10.8 Å². The second-order valence-electron chi connectivity index (χ2n) is 3.99. The summed E-state index contributed by atoms with van der Waals surface area (Å²) in [5.74, 6) is -1.49. The molecule has 0 aliphatic carbocycles. The van der Waals surface area contributed by atoms with Crippen molar-refractivity contribution < 1.29 is 19.9 Å². The Morgan fingerprint density at radius 2 is 1.95 bits per heavy atom. The highest BCUT2D eigenvalue weighted by Gasteiger charge is 2.08. The van der Waals surface area contributed by atoms with E-state index in [9.17, 15) is 9.59 Å². The highest BCUT2D eigenvalue weighted by molar-refractivity contribution is 5.90. The number of hydrogen-bond acceptors (Lipinski definition) is 4. The average Bonchev–Trinajstić information content (AvgIpc) is 2.42. The van der Waals surface area contributed by atoms with Crippen molar-refractivity contribution >= 4 is 18.0 Å². The predicted octanol–water partition coefficient (Wildman–Crippen LogP) is 0.768. The van der Waals surface area contributed by atoms with Gasteiger partial charge in [-0.05, 0) is 24.1 Å². The lowest BCUT2D eigenvalue weighted by molar-refractivity contribution is -0.139. The van der Waals surface area contributed by atoms with Gasteiger partial charge in [-0.25, -0.2) is 5.48 Å². The Labute approximate surface area is 110 Å². The second-order valence-corrected chi connectivity index (χ2v) is 3.99. The normalized spacial score (nSPS) is 12.3. The van der Waals surface area contributed by atoms with Crippen LogP contribution in [0.2, 0.25) is 0 Å². The van der Waals surface area contributed by atoms with Gasteiger partial charge in [0.1, 0.15) is 6.04 Å². The topological polar surface area (TPSA) is 98.7 Å². The first-order valence-electron chi connectivity index (χ1n) is 5.70. The van der Waals surface area contributed by atoms with Crippen LogP contribution in [-0.4, -0.2) is 28.2 Å². The minimum absolute atomic E-state index is 0.453. The first kappa shape index (κ1) is 14.9. The maximum atomic E-state index is 10.8. The molecule has 0 heterocycles. The average molecular weight is 264 g/mol. The van der Waals surface area contributed by atoms with E-state index in [0.717, 1.165) is 11.1 Å². The zero-order valence-corrected chi connectivity index (χ0v) is 10.5. The minimum atomic E-state index is -0.894. The Hall–Kier alpha value is -2.18. The lowest BCUT2D eigenvalue weighted by Crippen LogP contribution is -2.33. The second kappa shape index (κ2) is 7.30. The van der Waals surface area contributed by atoms with Gasteiger partial charge in [0.2, 0.25) is 0 Å². The van der Waals surface area contributed by atoms with E-state index in [1.54, 1.807) is 25.1 Å². The lowest BCUT2D eigenvalue weighted by Gasteiger charge is -2.08. The van der Waals surface area contributed by atoms with Crippen molar-refractivity contribution in [2.24, 2.45) is 0 Å². The molecule has 0 aliphatic rings. The molecular weight excluding hydrogens is 248 g/mol. The van der Waals surface area contributed by atoms with E-state index in [0.29, 0.717) is 6.54 Å². The quantitative estimate of drug-likeness (QED) is 0.345. The van der Waals surface area contributed by atoms with Crippen LogP contribution in [0.25, 0.3) is 6.08 Å². The van der Waals surface area contributed by atoms with Crippen molar-refractivity contribution in [3.63, 3.8) is 0 Å². The summed E-state index contributed by atoms with van der Waals surface area (Å²) in [5.41, 5.74) is 3.24. The molecule has 0 aliphatic heterocycles. The summed E-state index contributed by atoms with van der Waals surface area (Å²) >= 11 is 0.